The molecule has 2 aliphatic rings. The Bertz CT molecular complexity index is 1030. The Morgan fingerprint density at radius 3 is 2.89 bits per heavy atom. The summed E-state index contributed by atoms with van der Waals surface area (Å²) in [5.74, 6) is 0. The predicted molar refractivity (Wildman–Crippen MR) is 110 cm³/mol. The Kier molecular flexibility index (Phi) is 4.14. The normalized spacial score (nSPS) is 20.1. The first-order valence-electron chi connectivity index (χ1n) is 9.23. The topological polar surface area (TPSA) is 104 Å². The van der Waals surface area contributed by atoms with Gasteiger partial charge in [0.2, 0.25) is 5.13 Å². The van der Waals surface area contributed by atoms with Gasteiger partial charge >= 0.3 is 0 Å². The van der Waals surface area contributed by atoms with Crippen molar-refractivity contribution in [2.24, 2.45) is 4.99 Å². The molecule has 3 heterocycles. The van der Waals surface area contributed by atoms with E-state index in [0.29, 0.717) is 11.2 Å². The molecule has 8 heteroatoms. The fraction of sp³-hybridized carbons (Fsp3) is 0.316. The summed E-state index contributed by atoms with van der Waals surface area (Å²) in [5.41, 5.74) is 9.92. The van der Waals surface area contributed by atoms with Gasteiger partial charge in [-0.1, -0.05) is 24.2 Å². The first-order valence-corrected chi connectivity index (χ1v) is 10.0. The Morgan fingerprint density at radius 2 is 2.07 bits per heavy atom. The number of rotatable bonds is 4. The van der Waals surface area contributed by atoms with Gasteiger partial charge in [-0.05, 0) is 31.0 Å². The molecule has 1 aliphatic heterocycles. The SMILES string of the molecule is Nc1nnc(-c2ccc3[nH]cc(C4=CN=CC(NC5CCCC5)N4)c3c2)s1. The van der Waals surface area contributed by atoms with Crippen molar-refractivity contribution in [1.82, 2.24) is 25.8 Å². The number of hydrogen-bond donors (Lipinski definition) is 4. The third-order valence-electron chi connectivity index (χ3n) is 5.18. The van der Waals surface area contributed by atoms with E-state index in [2.05, 4.69) is 42.9 Å². The largest absolute Gasteiger partial charge is 0.374 e. The molecule has 0 spiro atoms. The van der Waals surface area contributed by atoms with Gasteiger partial charge in [0.15, 0.2) is 0 Å². The lowest BCUT2D eigenvalue weighted by molar-refractivity contribution is 0.475. The van der Waals surface area contributed by atoms with Crippen LogP contribution < -0.4 is 16.4 Å². The summed E-state index contributed by atoms with van der Waals surface area (Å²) in [5, 5.41) is 17.7. The molecule has 0 saturated heterocycles. The van der Waals surface area contributed by atoms with Crippen LogP contribution in [0.25, 0.3) is 27.2 Å². The maximum Gasteiger partial charge on any atom is 0.203 e. The van der Waals surface area contributed by atoms with Gasteiger partial charge in [-0.3, -0.25) is 10.3 Å². The molecule has 27 heavy (non-hydrogen) atoms. The number of fused-ring (bicyclic) bond motifs is 1. The first-order chi connectivity index (χ1) is 13.3. The summed E-state index contributed by atoms with van der Waals surface area (Å²) >= 11 is 1.39. The van der Waals surface area contributed by atoms with Crippen LogP contribution in [0.3, 0.4) is 0 Å². The fourth-order valence-electron chi connectivity index (χ4n) is 3.85. The highest BCUT2D eigenvalue weighted by Crippen LogP contribution is 2.31. The van der Waals surface area contributed by atoms with Crippen LogP contribution >= 0.6 is 11.3 Å². The molecule has 5 rings (SSSR count). The minimum absolute atomic E-state index is 0.0594. The van der Waals surface area contributed by atoms with Crippen LogP contribution in [0.15, 0.2) is 35.6 Å². The van der Waals surface area contributed by atoms with E-state index in [1.54, 1.807) is 0 Å². The highest BCUT2D eigenvalue weighted by molar-refractivity contribution is 7.18. The molecule has 0 bridgehead atoms. The van der Waals surface area contributed by atoms with E-state index in [1.807, 2.05) is 24.7 Å². The van der Waals surface area contributed by atoms with Gasteiger partial charge in [-0.15, -0.1) is 10.2 Å². The number of benzene rings is 1. The van der Waals surface area contributed by atoms with Crippen LogP contribution in [0.2, 0.25) is 0 Å². The molecular formula is C19H21N7S. The Balaban J connectivity index is 1.44. The van der Waals surface area contributed by atoms with Crippen molar-refractivity contribution in [1.29, 1.82) is 0 Å². The summed E-state index contributed by atoms with van der Waals surface area (Å²) < 4.78 is 0. The number of aromatic nitrogens is 3. The van der Waals surface area contributed by atoms with Crippen LogP contribution in [0, 0.1) is 0 Å². The van der Waals surface area contributed by atoms with Gasteiger partial charge in [-0.25, -0.2) is 0 Å². The molecule has 3 aromatic rings. The number of nitrogens with one attached hydrogen (secondary N) is 3. The first kappa shape index (κ1) is 16.5. The summed E-state index contributed by atoms with van der Waals surface area (Å²) in [6.07, 6.45) is 11.0. The molecule has 1 unspecified atom stereocenters. The second kappa shape index (κ2) is 6.79. The number of anilines is 1. The zero-order chi connectivity index (χ0) is 18.2. The van der Waals surface area contributed by atoms with Crippen LogP contribution in [-0.2, 0) is 0 Å². The molecule has 5 N–H and O–H groups in total. The molecule has 1 atom stereocenters. The monoisotopic (exact) mass is 379 g/mol. The number of hydrogen-bond acceptors (Lipinski definition) is 7. The Morgan fingerprint density at radius 1 is 1.19 bits per heavy atom. The number of nitrogen functional groups attached to an aromatic ring is 1. The highest BCUT2D eigenvalue weighted by Gasteiger charge is 2.21. The highest BCUT2D eigenvalue weighted by atomic mass is 32.1. The minimum atomic E-state index is 0.0594. The Labute approximate surface area is 160 Å². The average Bonchev–Trinajstić information content (AvgIpc) is 3.42. The van der Waals surface area contributed by atoms with E-state index in [4.69, 9.17) is 5.73 Å². The summed E-state index contributed by atoms with van der Waals surface area (Å²) in [4.78, 5) is 7.81. The molecule has 1 aliphatic carbocycles. The van der Waals surface area contributed by atoms with Crippen molar-refractivity contribution in [3.63, 3.8) is 0 Å². The van der Waals surface area contributed by atoms with Gasteiger partial charge in [-0.2, -0.15) is 0 Å². The van der Waals surface area contributed by atoms with E-state index >= 15 is 0 Å². The number of nitrogens with zero attached hydrogens (tertiary/aromatic N) is 3. The third-order valence-corrected chi connectivity index (χ3v) is 5.98. The Hall–Kier alpha value is -2.71. The smallest absolute Gasteiger partial charge is 0.203 e. The molecular weight excluding hydrogens is 358 g/mol. The van der Waals surface area contributed by atoms with E-state index in [9.17, 15) is 0 Å². The van der Waals surface area contributed by atoms with Gasteiger partial charge in [0.1, 0.15) is 11.2 Å². The van der Waals surface area contributed by atoms with E-state index in [-0.39, 0.29) is 6.17 Å². The van der Waals surface area contributed by atoms with E-state index in [0.717, 1.165) is 32.7 Å². The number of nitrogens with two attached hydrogens (primary N) is 1. The van der Waals surface area contributed by atoms with Crippen LogP contribution in [-0.4, -0.2) is 33.6 Å². The van der Waals surface area contributed by atoms with Crippen molar-refractivity contribution in [2.45, 2.75) is 37.9 Å². The lowest BCUT2D eigenvalue weighted by atomic mass is 10.1. The number of aliphatic imine (C=N–C) groups is 1. The summed E-state index contributed by atoms with van der Waals surface area (Å²) in [6.45, 7) is 0. The minimum Gasteiger partial charge on any atom is -0.374 e. The molecule has 0 radical (unpaired) electrons. The van der Waals surface area contributed by atoms with Crippen LogP contribution in [0.5, 0.6) is 0 Å². The molecule has 2 aromatic heterocycles. The standard InChI is InChI=1S/C19H21N7S/c20-19-26-25-18(27-19)11-5-6-15-13(7-11)14(8-22-15)16-9-21-10-17(24-16)23-12-3-1-2-4-12/h5-10,12,17,22-24H,1-4H2,(H2,20,26). The van der Waals surface area contributed by atoms with Crippen molar-refractivity contribution >= 4 is 39.3 Å². The predicted octanol–water partition coefficient (Wildman–Crippen LogP) is 3.10. The summed E-state index contributed by atoms with van der Waals surface area (Å²) in [6, 6.07) is 6.80. The zero-order valence-electron chi connectivity index (χ0n) is 14.8. The second-order valence-corrected chi connectivity index (χ2v) is 8.03. The lowest BCUT2D eigenvalue weighted by Crippen LogP contribution is -2.47. The van der Waals surface area contributed by atoms with Crippen molar-refractivity contribution in [2.75, 3.05) is 5.73 Å². The van der Waals surface area contributed by atoms with Gasteiger partial charge in [0.25, 0.3) is 0 Å². The second-order valence-electron chi connectivity index (χ2n) is 7.02. The molecule has 138 valence electrons. The maximum absolute atomic E-state index is 5.73. The van der Waals surface area contributed by atoms with Crippen molar-refractivity contribution in [3.8, 4) is 10.6 Å². The molecule has 1 saturated carbocycles. The molecule has 1 aromatic carbocycles. The van der Waals surface area contributed by atoms with Crippen LogP contribution in [0.4, 0.5) is 5.13 Å². The summed E-state index contributed by atoms with van der Waals surface area (Å²) in [7, 11) is 0. The van der Waals surface area contributed by atoms with E-state index < -0.39 is 0 Å². The number of aromatic amines is 1. The van der Waals surface area contributed by atoms with Crippen molar-refractivity contribution < 1.29 is 0 Å². The zero-order valence-corrected chi connectivity index (χ0v) is 15.6. The fourth-order valence-corrected chi connectivity index (χ4v) is 4.46. The van der Waals surface area contributed by atoms with Crippen LogP contribution in [0.1, 0.15) is 31.2 Å². The van der Waals surface area contributed by atoms with Crippen molar-refractivity contribution in [3.05, 3.63) is 36.2 Å². The molecule has 1 fully saturated rings. The molecule has 0 amide bonds. The van der Waals surface area contributed by atoms with Gasteiger partial charge in [0, 0.05) is 40.5 Å². The van der Waals surface area contributed by atoms with E-state index in [1.165, 1.54) is 37.0 Å². The lowest BCUT2D eigenvalue weighted by Gasteiger charge is -2.25. The quantitative estimate of drug-likeness (QED) is 0.558. The molecule has 7 nitrogen and oxygen atoms in total. The van der Waals surface area contributed by atoms with Gasteiger partial charge < -0.3 is 16.0 Å². The third kappa shape index (κ3) is 3.22. The maximum atomic E-state index is 5.73. The van der Waals surface area contributed by atoms with Gasteiger partial charge in [0.05, 0.1) is 11.9 Å². The number of H-pyrrole nitrogens is 1. The average molecular weight is 379 g/mol.